The summed E-state index contributed by atoms with van der Waals surface area (Å²) in [5.74, 6) is 0.356. The fraction of sp³-hybridized carbons (Fsp3) is 0.533. The predicted molar refractivity (Wildman–Crippen MR) is 71.9 cm³/mol. The number of ether oxygens (including phenoxy) is 1. The van der Waals surface area contributed by atoms with Gasteiger partial charge in [-0.15, -0.1) is 0 Å². The van der Waals surface area contributed by atoms with Gasteiger partial charge in [-0.05, 0) is 31.2 Å². The van der Waals surface area contributed by atoms with Crippen LogP contribution in [0.4, 0.5) is 0 Å². The van der Waals surface area contributed by atoms with Crippen LogP contribution in [0.25, 0.3) is 0 Å². The van der Waals surface area contributed by atoms with Crippen molar-refractivity contribution in [1.29, 1.82) is 0 Å². The van der Waals surface area contributed by atoms with E-state index in [4.69, 9.17) is 4.74 Å². The number of likely N-dealkylation sites (tertiary alicyclic amines) is 1. The molecule has 0 unspecified atom stereocenters. The number of nitrogens with one attached hydrogen (secondary N) is 1. The van der Waals surface area contributed by atoms with Crippen LogP contribution in [0.1, 0.15) is 25.3 Å². The number of hydrogen-bond donors (Lipinski definition) is 2. The van der Waals surface area contributed by atoms with E-state index in [1.54, 1.807) is 12.1 Å². The average Bonchev–Trinajstić information content (AvgIpc) is 2.42. The Hall–Kier alpha value is -1.55. The Morgan fingerprint density at radius 2 is 1.95 bits per heavy atom. The summed E-state index contributed by atoms with van der Waals surface area (Å²) in [6.07, 6.45) is 1.82. The second kappa shape index (κ2) is 6.57. The molecule has 2 N–H and O–H groups in total. The van der Waals surface area contributed by atoms with Gasteiger partial charge in [-0.3, -0.25) is 4.79 Å². The zero-order valence-corrected chi connectivity index (χ0v) is 11.4. The van der Waals surface area contributed by atoms with E-state index in [9.17, 15) is 9.90 Å². The first kappa shape index (κ1) is 13.9. The summed E-state index contributed by atoms with van der Waals surface area (Å²) in [5.41, 5.74) is 1.22. The largest absolute Gasteiger partial charge is 0.508 e. The maximum atomic E-state index is 11.6. The highest BCUT2D eigenvalue weighted by molar-refractivity contribution is 5.72. The van der Waals surface area contributed by atoms with Crippen LogP contribution in [-0.2, 0) is 16.1 Å². The van der Waals surface area contributed by atoms with Crippen LogP contribution in [-0.4, -0.2) is 30.8 Å². The Kier molecular flexibility index (Phi) is 4.80. The molecule has 1 aliphatic heterocycles. The summed E-state index contributed by atoms with van der Waals surface area (Å²) in [4.78, 5) is 13.1. The van der Waals surface area contributed by atoms with Gasteiger partial charge in [0.1, 0.15) is 12.3 Å². The number of carbonyl (C=O) groups is 1. The molecular weight excluding hydrogens is 242 g/mol. The van der Waals surface area contributed by atoms with E-state index in [1.165, 1.54) is 10.5 Å². The van der Waals surface area contributed by atoms with Crippen molar-refractivity contribution in [1.82, 2.24) is 0 Å². The van der Waals surface area contributed by atoms with Gasteiger partial charge in [-0.1, -0.05) is 0 Å². The molecular formula is C15H22NO3+. The molecule has 1 saturated heterocycles. The van der Waals surface area contributed by atoms with Crippen molar-refractivity contribution in [3.05, 3.63) is 29.8 Å². The van der Waals surface area contributed by atoms with Crippen molar-refractivity contribution in [2.75, 3.05) is 19.7 Å². The minimum Gasteiger partial charge on any atom is -0.508 e. The van der Waals surface area contributed by atoms with Crippen molar-refractivity contribution in [2.24, 2.45) is 5.92 Å². The normalized spacial score (nSPS) is 23.0. The number of carbonyl (C=O) groups excluding carboxylic acids is 1. The highest BCUT2D eigenvalue weighted by Crippen LogP contribution is 2.13. The molecule has 0 aliphatic carbocycles. The lowest BCUT2D eigenvalue weighted by atomic mass is 9.96. The fourth-order valence-electron chi connectivity index (χ4n) is 2.60. The first-order valence-corrected chi connectivity index (χ1v) is 6.97. The monoisotopic (exact) mass is 264 g/mol. The zero-order valence-electron chi connectivity index (χ0n) is 11.4. The molecule has 0 aromatic heterocycles. The topological polar surface area (TPSA) is 51.0 Å². The van der Waals surface area contributed by atoms with Gasteiger partial charge in [-0.25, -0.2) is 0 Å². The third kappa shape index (κ3) is 3.96. The molecule has 4 heteroatoms. The van der Waals surface area contributed by atoms with Gasteiger partial charge in [0.05, 0.1) is 25.6 Å². The standard InChI is InChI=1S/C15H21NO3/c1-2-19-15(18)13-7-9-16(10-8-13)11-12-3-5-14(17)6-4-12/h3-6,13,17H,2,7-11H2,1H3/p+1. The van der Waals surface area contributed by atoms with E-state index in [0.29, 0.717) is 12.4 Å². The average molecular weight is 264 g/mol. The third-order valence-corrected chi connectivity index (χ3v) is 3.70. The quantitative estimate of drug-likeness (QED) is 0.789. The van der Waals surface area contributed by atoms with Crippen molar-refractivity contribution in [2.45, 2.75) is 26.3 Å². The number of aromatic hydroxyl groups is 1. The molecule has 1 fully saturated rings. The molecule has 19 heavy (non-hydrogen) atoms. The maximum Gasteiger partial charge on any atom is 0.309 e. The van der Waals surface area contributed by atoms with E-state index in [2.05, 4.69) is 0 Å². The van der Waals surface area contributed by atoms with E-state index in [-0.39, 0.29) is 11.9 Å². The van der Waals surface area contributed by atoms with E-state index in [0.717, 1.165) is 32.5 Å². The predicted octanol–water partition coefficient (Wildman–Crippen LogP) is 0.750. The van der Waals surface area contributed by atoms with Gasteiger partial charge < -0.3 is 14.7 Å². The summed E-state index contributed by atoms with van der Waals surface area (Å²) in [6, 6.07) is 7.36. The van der Waals surface area contributed by atoms with Crippen molar-refractivity contribution in [3.8, 4) is 5.75 Å². The number of hydrogen-bond acceptors (Lipinski definition) is 3. The second-order valence-corrected chi connectivity index (χ2v) is 5.12. The lowest BCUT2D eigenvalue weighted by Gasteiger charge is -2.28. The summed E-state index contributed by atoms with van der Waals surface area (Å²) < 4.78 is 5.07. The van der Waals surface area contributed by atoms with Crippen LogP contribution in [0.15, 0.2) is 24.3 Å². The Balaban J connectivity index is 1.80. The number of phenols is 1. The van der Waals surface area contributed by atoms with Crippen LogP contribution < -0.4 is 4.90 Å². The molecule has 2 rings (SSSR count). The van der Waals surface area contributed by atoms with Crippen LogP contribution in [0.2, 0.25) is 0 Å². The lowest BCUT2D eigenvalue weighted by molar-refractivity contribution is -0.919. The summed E-state index contributed by atoms with van der Waals surface area (Å²) in [5, 5.41) is 9.25. The van der Waals surface area contributed by atoms with Gasteiger partial charge in [0.15, 0.2) is 0 Å². The number of benzene rings is 1. The second-order valence-electron chi connectivity index (χ2n) is 5.12. The number of piperidine rings is 1. The fourth-order valence-corrected chi connectivity index (χ4v) is 2.60. The maximum absolute atomic E-state index is 11.6. The summed E-state index contributed by atoms with van der Waals surface area (Å²) >= 11 is 0. The lowest BCUT2D eigenvalue weighted by Crippen LogP contribution is -3.11. The number of esters is 1. The first-order chi connectivity index (χ1) is 9.19. The van der Waals surface area contributed by atoms with Crippen LogP contribution in [0.3, 0.4) is 0 Å². The van der Waals surface area contributed by atoms with Crippen LogP contribution >= 0.6 is 0 Å². The van der Waals surface area contributed by atoms with E-state index >= 15 is 0 Å². The SMILES string of the molecule is CCOC(=O)C1CC[NH+](Cc2ccc(O)cc2)CC1. The molecule has 1 heterocycles. The molecule has 1 aromatic carbocycles. The molecule has 4 nitrogen and oxygen atoms in total. The molecule has 0 atom stereocenters. The molecule has 0 radical (unpaired) electrons. The summed E-state index contributed by atoms with van der Waals surface area (Å²) in [7, 11) is 0. The molecule has 0 spiro atoms. The Bertz CT molecular complexity index is 408. The van der Waals surface area contributed by atoms with Gasteiger partial charge in [0, 0.05) is 18.4 Å². The minimum atomic E-state index is -0.0359. The van der Waals surface area contributed by atoms with Gasteiger partial charge in [0.2, 0.25) is 0 Å². The van der Waals surface area contributed by atoms with Crippen LogP contribution in [0.5, 0.6) is 5.75 Å². The highest BCUT2D eigenvalue weighted by Gasteiger charge is 2.28. The molecule has 1 aliphatic rings. The zero-order chi connectivity index (χ0) is 13.7. The highest BCUT2D eigenvalue weighted by atomic mass is 16.5. The van der Waals surface area contributed by atoms with Gasteiger partial charge in [-0.2, -0.15) is 0 Å². The molecule has 104 valence electrons. The number of quaternary nitrogens is 1. The van der Waals surface area contributed by atoms with Crippen LogP contribution in [0, 0.1) is 5.92 Å². The van der Waals surface area contributed by atoms with Crippen molar-refractivity contribution >= 4 is 5.97 Å². The van der Waals surface area contributed by atoms with E-state index in [1.807, 2.05) is 19.1 Å². The van der Waals surface area contributed by atoms with Crippen molar-refractivity contribution in [3.63, 3.8) is 0 Å². The first-order valence-electron chi connectivity index (χ1n) is 6.97. The van der Waals surface area contributed by atoms with Crippen molar-refractivity contribution < 1.29 is 19.5 Å². The molecule has 1 aromatic rings. The van der Waals surface area contributed by atoms with Gasteiger partial charge in [0.25, 0.3) is 0 Å². The number of phenolic OH excluding ortho intramolecular Hbond substituents is 1. The number of rotatable bonds is 4. The molecule has 0 saturated carbocycles. The minimum absolute atomic E-state index is 0.0359. The smallest absolute Gasteiger partial charge is 0.309 e. The Labute approximate surface area is 114 Å². The third-order valence-electron chi connectivity index (χ3n) is 3.70. The summed E-state index contributed by atoms with van der Waals surface area (Å²) in [6.45, 7) is 5.28. The van der Waals surface area contributed by atoms with E-state index < -0.39 is 0 Å². The molecule has 0 amide bonds. The van der Waals surface area contributed by atoms with Gasteiger partial charge >= 0.3 is 5.97 Å². The Morgan fingerprint density at radius 3 is 2.53 bits per heavy atom. The molecule has 0 bridgehead atoms. The Morgan fingerprint density at radius 1 is 1.32 bits per heavy atom.